The molecule has 0 fully saturated rings. The van der Waals surface area contributed by atoms with Gasteiger partial charge in [0.15, 0.2) is 11.3 Å². The number of rotatable bonds is 5. The fourth-order valence-electron chi connectivity index (χ4n) is 3.47. The van der Waals surface area contributed by atoms with E-state index in [0.29, 0.717) is 21.6 Å². The largest absolute Gasteiger partial charge is 0.435 e. The average Bonchev–Trinajstić information content (AvgIpc) is 3.56. The molecule has 0 aromatic carbocycles. The van der Waals surface area contributed by atoms with Crippen LogP contribution in [0.1, 0.15) is 32.2 Å². The van der Waals surface area contributed by atoms with Crippen LogP contribution < -0.4 is 5.32 Å². The molecule has 0 aliphatic rings. The number of imidazole rings is 1. The molecule has 0 aliphatic heterocycles. The smallest absolute Gasteiger partial charge is 0.348 e. The zero-order valence-electron chi connectivity index (χ0n) is 18.4. The molecular weight excluding hydrogens is 481 g/mol. The molecule has 0 unspecified atom stereocenters. The van der Waals surface area contributed by atoms with Crippen molar-refractivity contribution in [2.45, 2.75) is 26.6 Å². The van der Waals surface area contributed by atoms with Gasteiger partial charge in [-0.15, -0.1) is 16.4 Å². The Morgan fingerprint density at radius 3 is 2.60 bits per heavy atom. The Bertz CT molecular complexity index is 1530. The van der Waals surface area contributed by atoms with E-state index in [1.807, 2.05) is 26.0 Å². The maximum atomic E-state index is 13.6. The SMILES string of the molecule is Cc1ccc(CNC(=O)c2cc(-n3nncc3C(F)(F)F)c3ncc(-c4ncc(C)s4)n3c2)cn1. The third kappa shape index (κ3) is 4.37. The number of amides is 1. The number of nitrogens with zero attached hydrogens (tertiary/aromatic N) is 7. The van der Waals surface area contributed by atoms with Crippen LogP contribution in [0.3, 0.4) is 0 Å². The molecule has 5 aromatic heterocycles. The van der Waals surface area contributed by atoms with Crippen molar-refractivity contribution in [3.8, 4) is 16.4 Å². The molecule has 1 amide bonds. The monoisotopic (exact) mass is 498 g/mol. The second-order valence-electron chi connectivity index (χ2n) is 7.75. The van der Waals surface area contributed by atoms with E-state index in [4.69, 9.17) is 0 Å². The lowest BCUT2D eigenvalue weighted by molar-refractivity contribution is -0.142. The minimum atomic E-state index is -4.71. The molecule has 0 aliphatic carbocycles. The molecule has 0 atom stereocenters. The Hall–Kier alpha value is -4.13. The van der Waals surface area contributed by atoms with Gasteiger partial charge in [-0.3, -0.25) is 14.2 Å². The second kappa shape index (κ2) is 8.58. The highest BCUT2D eigenvalue weighted by Gasteiger charge is 2.37. The van der Waals surface area contributed by atoms with Crippen molar-refractivity contribution < 1.29 is 18.0 Å². The van der Waals surface area contributed by atoms with Gasteiger partial charge in [-0.2, -0.15) is 13.2 Å². The first kappa shape index (κ1) is 22.7. The Labute approximate surface area is 200 Å². The molecule has 178 valence electrons. The number of hydrogen-bond acceptors (Lipinski definition) is 7. The van der Waals surface area contributed by atoms with Crippen LogP contribution in [0, 0.1) is 13.8 Å². The summed E-state index contributed by atoms with van der Waals surface area (Å²) < 4.78 is 43.0. The standard InChI is InChI=1S/C22H17F3N8OS/c1-12-3-4-14(7-26-12)8-28-20(34)15-5-16(33-18(10-30-31-33)22(23,24)25)19-27-9-17(32(19)11-15)21-29-6-13(2)35-21/h3-7,9-11H,8H2,1-2H3,(H,28,34). The summed E-state index contributed by atoms with van der Waals surface area (Å²) in [5.41, 5.74) is 1.31. The molecule has 1 N–H and O–H groups in total. The molecule has 0 spiro atoms. The van der Waals surface area contributed by atoms with Crippen LogP contribution in [0.25, 0.3) is 22.0 Å². The van der Waals surface area contributed by atoms with Crippen molar-refractivity contribution in [1.82, 2.24) is 39.7 Å². The molecule has 5 aromatic rings. The first-order valence-electron chi connectivity index (χ1n) is 10.3. The highest BCUT2D eigenvalue weighted by molar-refractivity contribution is 7.14. The summed E-state index contributed by atoms with van der Waals surface area (Å²) in [5.74, 6) is -0.489. The first-order chi connectivity index (χ1) is 16.7. The van der Waals surface area contributed by atoms with Crippen LogP contribution in [0.15, 0.2) is 49.2 Å². The fourth-order valence-corrected chi connectivity index (χ4v) is 4.25. The topological polar surface area (TPSA) is 103 Å². The fraction of sp³-hybridized carbons (Fsp3) is 0.182. The lowest BCUT2D eigenvalue weighted by Gasteiger charge is -2.13. The number of hydrogen-bond donors (Lipinski definition) is 1. The summed E-state index contributed by atoms with van der Waals surface area (Å²) >= 11 is 1.40. The van der Waals surface area contributed by atoms with Crippen LogP contribution in [0.2, 0.25) is 0 Å². The van der Waals surface area contributed by atoms with Gasteiger partial charge >= 0.3 is 6.18 Å². The van der Waals surface area contributed by atoms with Crippen molar-refractivity contribution in [3.63, 3.8) is 0 Å². The lowest BCUT2D eigenvalue weighted by atomic mass is 10.2. The maximum absolute atomic E-state index is 13.6. The summed E-state index contributed by atoms with van der Waals surface area (Å²) in [7, 11) is 0. The Kier molecular flexibility index (Phi) is 5.55. The van der Waals surface area contributed by atoms with Crippen molar-refractivity contribution in [2.24, 2.45) is 0 Å². The Balaban J connectivity index is 1.62. The second-order valence-corrected chi connectivity index (χ2v) is 8.98. The van der Waals surface area contributed by atoms with E-state index in [2.05, 4.69) is 30.6 Å². The number of halogens is 3. The number of pyridine rings is 2. The van der Waals surface area contributed by atoms with E-state index in [9.17, 15) is 18.0 Å². The lowest BCUT2D eigenvalue weighted by Crippen LogP contribution is -2.24. The maximum Gasteiger partial charge on any atom is 0.435 e. The zero-order valence-corrected chi connectivity index (χ0v) is 19.2. The van der Waals surface area contributed by atoms with Crippen molar-refractivity contribution in [3.05, 3.63) is 76.6 Å². The molecular formula is C22H17F3N8OS. The number of aromatic nitrogens is 7. The van der Waals surface area contributed by atoms with Gasteiger partial charge in [0.1, 0.15) is 16.4 Å². The molecule has 0 bridgehead atoms. The predicted octanol–water partition coefficient (Wildman–Crippen LogP) is 4.00. The van der Waals surface area contributed by atoms with E-state index in [-0.39, 0.29) is 23.4 Å². The molecule has 0 saturated heterocycles. The minimum Gasteiger partial charge on any atom is -0.348 e. The minimum absolute atomic E-state index is 0.0426. The summed E-state index contributed by atoms with van der Waals surface area (Å²) in [4.78, 5) is 26.9. The van der Waals surface area contributed by atoms with E-state index in [0.717, 1.165) is 16.1 Å². The predicted molar refractivity (Wildman–Crippen MR) is 121 cm³/mol. The number of thiazole rings is 1. The molecule has 0 radical (unpaired) electrons. The normalized spacial score (nSPS) is 11.8. The van der Waals surface area contributed by atoms with Gasteiger partial charge < -0.3 is 5.32 Å². The molecule has 5 rings (SSSR count). The molecule has 5 heterocycles. The van der Waals surface area contributed by atoms with Gasteiger partial charge in [-0.1, -0.05) is 11.3 Å². The van der Waals surface area contributed by atoms with Gasteiger partial charge in [0.25, 0.3) is 5.91 Å². The first-order valence-corrected chi connectivity index (χ1v) is 11.1. The zero-order chi connectivity index (χ0) is 24.7. The van der Waals surface area contributed by atoms with Crippen LogP contribution in [0.4, 0.5) is 13.2 Å². The third-order valence-electron chi connectivity index (χ3n) is 5.18. The van der Waals surface area contributed by atoms with Crippen LogP contribution in [0.5, 0.6) is 0 Å². The molecule has 13 heteroatoms. The van der Waals surface area contributed by atoms with E-state index in [1.165, 1.54) is 34.2 Å². The van der Waals surface area contributed by atoms with Gasteiger partial charge in [0.05, 0.1) is 18.0 Å². The quantitative estimate of drug-likeness (QED) is 0.393. The number of alkyl halides is 3. The number of carbonyl (C=O) groups is 1. The Morgan fingerprint density at radius 2 is 1.91 bits per heavy atom. The molecule has 0 saturated carbocycles. The van der Waals surface area contributed by atoms with Gasteiger partial charge in [-0.25, -0.2) is 14.6 Å². The van der Waals surface area contributed by atoms with E-state index in [1.54, 1.807) is 12.4 Å². The highest BCUT2D eigenvalue weighted by atomic mass is 32.1. The van der Waals surface area contributed by atoms with Crippen LogP contribution in [-0.2, 0) is 12.7 Å². The third-order valence-corrected chi connectivity index (χ3v) is 6.12. The van der Waals surface area contributed by atoms with Crippen LogP contribution >= 0.6 is 11.3 Å². The highest BCUT2D eigenvalue weighted by Crippen LogP contribution is 2.33. The summed E-state index contributed by atoms with van der Waals surface area (Å²) in [5, 5.41) is 10.5. The van der Waals surface area contributed by atoms with Gasteiger partial charge in [0, 0.05) is 35.7 Å². The number of carbonyl (C=O) groups excluding carboxylic acids is 1. The summed E-state index contributed by atoms with van der Waals surface area (Å²) in [6, 6.07) is 4.97. The van der Waals surface area contributed by atoms with E-state index >= 15 is 0 Å². The molecule has 35 heavy (non-hydrogen) atoms. The van der Waals surface area contributed by atoms with Crippen LogP contribution in [-0.4, -0.2) is 40.3 Å². The van der Waals surface area contributed by atoms with Gasteiger partial charge in [-0.05, 0) is 31.5 Å². The van der Waals surface area contributed by atoms with E-state index < -0.39 is 17.8 Å². The number of nitrogens with one attached hydrogen (secondary N) is 1. The molecule has 9 nitrogen and oxygen atoms in total. The van der Waals surface area contributed by atoms with Crippen molar-refractivity contribution in [1.29, 1.82) is 0 Å². The van der Waals surface area contributed by atoms with Crippen molar-refractivity contribution >= 4 is 22.9 Å². The summed E-state index contributed by atoms with van der Waals surface area (Å²) in [6.07, 6.45) is 2.27. The van der Waals surface area contributed by atoms with Gasteiger partial charge in [0.2, 0.25) is 0 Å². The average molecular weight is 498 g/mol. The number of fused-ring (bicyclic) bond motifs is 1. The van der Waals surface area contributed by atoms with Crippen molar-refractivity contribution in [2.75, 3.05) is 0 Å². The summed E-state index contributed by atoms with van der Waals surface area (Å²) in [6.45, 7) is 3.93. The number of aryl methyl sites for hydroxylation is 2. The Morgan fingerprint density at radius 1 is 1.09 bits per heavy atom.